The Morgan fingerprint density at radius 1 is 0.957 bits per heavy atom. The molecule has 3 heteroatoms. The number of benzene rings is 2. The molecule has 2 rings (SSSR count). The van der Waals surface area contributed by atoms with Crippen molar-refractivity contribution in [3.63, 3.8) is 0 Å². The van der Waals surface area contributed by atoms with Gasteiger partial charge in [-0.1, -0.05) is 56.3 Å². The molecule has 0 saturated carbocycles. The Bertz CT molecular complexity index is 568. The standard InChI is InChI=1S/C20H27NOS/c1-15(2)23-19-11-9-17(10-12-19)13-16(3)21-14-20(22)18-7-5-4-6-8-18/h4-12,15-16,20-22H,13-14H2,1-3H3. The quantitative estimate of drug-likeness (QED) is 0.702. The van der Waals surface area contributed by atoms with Crippen LogP contribution in [0.3, 0.4) is 0 Å². The van der Waals surface area contributed by atoms with Gasteiger partial charge in [0.15, 0.2) is 0 Å². The zero-order valence-corrected chi connectivity index (χ0v) is 15.0. The summed E-state index contributed by atoms with van der Waals surface area (Å²) in [6, 6.07) is 18.9. The first-order valence-electron chi connectivity index (χ1n) is 8.26. The van der Waals surface area contributed by atoms with E-state index >= 15 is 0 Å². The number of aliphatic hydroxyl groups is 1. The van der Waals surface area contributed by atoms with Gasteiger partial charge in [-0.25, -0.2) is 0 Å². The summed E-state index contributed by atoms with van der Waals surface area (Å²) in [4.78, 5) is 1.32. The van der Waals surface area contributed by atoms with Crippen LogP contribution >= 0.6 is 11.8 Å². The number of hydrogen-bond donors (Lipinski definition) is 2. The van der Waals surface area contributed by atoms with Crippen molar-refractivity contribution in [1.82, 2.24) is 5.32 Å². The van der Waals surface area contributed by atoms with Crippen molar-refractivity contribution < 1.29 is 5.11 Å². The summed E-state index contributed by atoms with van der Waals surface area (Å²) in [5.74, 6) is 0. The molecule has 0 radical (unpaired) electrons. The van der Waals surface area contributed by atoms with E-state index in [1.165, 1.54) is 10.5 Å². The molecule has 2 nitrogen and oxygen atoms in total. The second-order valence-electron chi connectivity index (χ2n) is 6.25. The molecule has 0 amide bonds. The maximum absolute atomic E-state index is 10.2. The molecule has 23 heavy (non-hydrogen) atoms. The average molecular weight is 330 g/mol. The van der Waals surface area contributed by atoms with Gasteiger partial charge in [0.05, 0.1) is 6.10 Å². The minimum atomic E-state index is -0.455. The summed E-state index contributed by atoms with van der Waals surface area (Å²) < 4.78 is 0. The van der Waals surface area contributed by atoms with E-state index in [2.05, 4.69) is 50.4 Å². The highest BCUT2D eigenvalue weighted by atomic mass is 32.2. The van der Waals surface area contributed by atoms with Crippen LogP contribution in [0.25, 0.3) is 0 Å². The number of thioether (sulfide) groups is 1. The largest absolute Gasteiger partial charge is 0.387 e. The molecule has 0 bridgehead atoms. The topological polar surface area (TPSA) is 32.3 Å². The van der Waals surface area contributed by atoms with Crippen LogP contribution in [0.15, 0.2) is 59.5 Å². The lowest BCUT2D eigenvalue weighted by molar-refractivity contribution is 0.170. The zero-order chi connectivity index (χ0) is 16.7. The highest BCUT2D eigenvalue weighted by molar-refractivity contribution is 7.99. The van der Waals surface area contributed by atoms with Gasteiger partial charge in [-0.2, -0.15) is 0 Å². The summed E-state index contributed by atoms with van der Waals surface area (Å²) in [5.41, 5.74) is 2.29. The first-order chi connectivity index (χ1) is 11.0. The lowest BCUT2D eigenvalue weighted by Crippen LogP contribution is -2.32. The molecule has 2 N–H and O–H groups in total. The third-order valence-corrected chi connectivity index (χ3v) is 4.70. The van der Waals surface area contributed by atoms with Crippen LogP contribution in [-0.2, 0) is 6.42 Å². The van der Waals surface area contributed by atoms with E-state index in [-0.39, 0.29) is 0 Å². The first kappa shape index (κ1) is 18.1. The molecule has 2 unspecified atom stereocenters. The van der Waals surface area contributed by atoms with E-state index < -0.39 is 6.10 Å². The van der Waals surface area contributed by atoms with E-state index in [1.54, 1.807) is 0 Å². The Kier molecular flexibility index (Phi) is 7.15. The van der Waals surface area contributed by atoms with Crippen molar-refractivity contribution in [1.29, 1.82) is 0 Å². The minimum Gasteiger partial charge on any atom is -0.387 e. The predicted molar refractivity (Wildman–Crippen MR) is 100 cm³/mol. The molecule has 0 heterocycles. The van der Waals surface area contributed by atoms with E-state index in [9.17, 15) is 5.11 Å². The fraction of sp³-hybridized carbons (Fsp3) is 0.400. The Balaban J connectivity index is 1.79. The van der Waals surface area contributed by atoms with Gasteiger partial charge in [-0.05, 0) is 36.6 Å². The van der Waals surface area contributed by atoms with Crippen molar-refractivity contribution in [3.05, 3.63) is 65.7 Å². The molecule has 0 fully saturated rings. The van der Waals surface area contributed by atoms with E-state index in [0.717, 1.165) is 12.0 Å². The number of nitrogens with one attached hydrogen (secondary N) is 1. The zero-order valence-electron chi connectivity index (χ0n) is 14.2. The third kappa shape index (κ3) is 6.38. The number of rotatable bonds is 8. The van der Waals surface area contributed by atoms with Crippen LogP contribution in [0, 0.1) is 0 Å². The fourth-order valence-electron chi connectivity index (χ4n) is 2.51. The lowest BCUT2D eigenvalue weighted by atomic mass is 10.1. The first-order valence-corrected chi connectivity index (χ1v) is 9.14. The number of aliphatic hydroxyl groups excluding tert-OH is 1. The number of hydrogen-bond acceptors (Lipinski definition) is 3. The van der Waals surface area contributed by atoms with Gasteiger partial charge in [-0.3, -0.25) is 0 Å². The van der Waals surface area contributed by atoms with Gasteiger partial charge >= 0.3 is 0 Å². The van der Waals surface area contributed by atoms with Crippen LogP contribution in [0.2, 0.25) is 0 Å². The van der Waals surface area contributed by atoms with Crippen LogP contribution in [0.1, 0.15) is 38.0 Å². The molecule has 0 aliphatic rings. The summed E-state index contributed by atoms with van der Waals surface area (Å²) in [6.07, 6.45) is 0.511. The molecule has 0 spiro atoms. The van der Waals surface area contributed by atoms with Gasteiger partial charge in [0.25, 0.3) is 0 Å². The second-order valence-corrected chi connectivity index (χ2v) is 7.90. The van der Waals surface area contributed by atoms with Gasteiger partial charge in [0.2, 0.25) is 0 Å². The van der Waals surface area contributed by atoms with Crippen molar-refractivity contribution in [3.8, 4) is 0 Å². The molecule has 0 aliphatic carbocycles. The van der Waals surface area contributed by atoms with Crippen molar-refractivity contribution in [2.75, 3.05) is 6.54 Å². The second kappa shape index (κ2) is 9.11. The molecule has 2 aromatic rings. The highest BCUT2D eigenvalue weighted by Gasteiger charge is 2.09. The van der Waals surface area contributed by atoms with Crippen LogP contribution in [0.4, 0.5) is 0 Å². The molecule has 124 valence electrons. The minimum absolute atomic E-state index is 0.331. The Labute approximate surface area is 144 Å². The molecule has 2 aromatic carbocycles. The van der Waals surface area contributed by atoms with E-state index in [0.29, 0.717) is 17.8 Å². The Hall–Kier alpha value is -1.29. The Morgan fingerprint density at radius 3 is 2.22 bits per heavy atom. The van der Waals surface area contributed by atoms with Crippen LogP contribution in [0.5, 0.6) is 0 Å². The fourth-order valence-corrected chi connectivity index (χ4v) is 3.35. The lowest BCUT2D eigenvalue weighted by Gasteiger charge is -2.18. The molecular formula is C20H27NOS. The van der Waals surface area contributed by atoms with Crippen molar-refractivity contribution >= 4 is 11.8 Å². The summed E-state index contributed by atoms with van der Waals surface area (Å²) in [5, 5.41) is 14.2. The van der Waals surface area contributed by atoms with Crippen LogP contribution in [-0.4, -0.2) is 22.9 Å². The van der Waals surface area contributed by atoms with E-state index in [4.69, 9.17) is 0 Å². The van der Waals surface area contributed by atoms with Gasteiger partial charge < -0.3 is 10.4 Å². The SMILES string of the molecule is CC(Cc1ccc(SC(C)C)cc1)NCC(O)c1ccccc1. The van der Waals surface area contributed by atoms with E-state index in [1.807, 2.05) is 42.1 Å². The summed E-state index contributed by atoms with van der Waals surface area (Å²) in [7, 11) is 0. The maximum Gasteiger partial charge on any atom is 0.0914 e. The van der Waals surface area contributed by atoms with Gasteiger partial charge in [0, 0.05) is 22.7 Å². The Morgan fingerprint density at radius 2 is 1.61 bits per heavy atom. The molecule has 0 aromatic heterocycles. The molecular weight excluding hydrogens is 302 g/mol. The van der Waals surface area contributed by atoms with Crippen LogP contribution < -0.4 is 5.32 Å². The monoisotopic (exact) mass is 329 g/mol. The molecule has 2 atom stereocenters. The average Bonchev–Trinajstić information content (AvgIpc) is 2.55. The molecule has 0 aliphatic heterocycles. The maximum atomic E-state index is 10.2. The highest BCUT2D eigenvalue weighted by Crippen LogP contribution is 2.23. The smallest absolute Gasteiger partial charge is 0.0914 e. The summed E-state index contributed by atoms with van der Waals surface area (Å²) >= 11 is 1.89. The normalized spacial score (nSPS) is 14.0. The molecule has 0 saturated heterocycles. The van der Waals surface area contributed by atoms with Gasteiger partial charge in [-0.15, -0.1) is 11.8 Å². The van der Waals surface area contributed by atoms with Crippen molar-refractivity contribution in [2.24, 2.45) is 0 Å². The summed E-state index contributed by atoms with van der Waals surface area (Å²) in [6.45, 7) is 7.16. The van der Waals surface area contributed by atoms with Crippen molar-refractivity contribution in [2.45, 2.75) is 49.5 Å². The van der Waals surface area contributed by atoms with Gasteiger partial charge in [0.1, 0.15) is 0 Å². The predicted octanol–water partition coefficient (Wildman–Crippen LogP) is 4.44. The third-order valence-electron chi connectivity index (χ3n) is 3.68.